The number of carbonyl (C=O) groups excluding carboxylic acids is 1. The van der Waals surface area contributed by atoms with E-state index in [9.17, 15) is 9.59 Å². The van der Waals surface area contributed by atoms with E-state index in [-0.39, 0.29) is 17.7 Å². The molecule has 1 aliphatic carbocycles. The smallest absolute Gasteiger partial charge is 0.311 e. The van der Waals surface area contributed by atoms with E-state index in [0.29, 0.717) is 13.1 Å². The summed E-state index contributed by atoms with van der Waals surface area (Å²) in [6.45, 7) is 4.96. The van der Waals surface area contributed by atoms with Gasteiger partial charge in [0.1, 0.15) is 0 Å². The molecule has 1 saturated carbocycles. The maximum Gasteiger partial charge on any atom is 0.311 e. The van der Waals surface area contributed by atoms with Gasteiger partial charge in [-0.05, 0) is 18.8 Å². The molecule has 0 aromatic rings. The lowest BCUT2D eigenvalue weighted by Gasteiger charge is -2.22. The quantitative estimate of drug-likeness (QED) is 0.756. The van der Waals surface area contributed by atoms with Gasteiger partial charge in [0, 0.05) is 19.0 Å². The highest BCUT2D eigenvalue weighted by molar-refractivity contribution is 5.84. The van der Waals surface area contributed by atoms with Crippen LogP contribution in [0, 0.1) is 17.3 Å². The number of carboxylic acids is 1. The van der Waals surface area contributed by atoms with E-state index in [0.717, 1.165) is 12.8 Å². The maximum atomic E-state index is 11.8. The number of aliphatic carboxylic acids is 1. The molecule has 1 heterocycles. The highest BCUT2D eigenvalue weighted by atomic mass is 16.4. The molecule has 0 aromatic carbocycles. The number of nitrogens with zero attached hydrogens (tertiary/aromatic N) is 1. The monoisotopic (exact) mass is 211 g/mol. The van der Waals surface area contributed by atoms with Crippen LogP contribution in [0.5, 0.6) is 0 Å². The van der Waals surface area contributed by atoms with Crippen LogP contribution in [0.15, 0.2) is 0 Å². The largest absolute Gasteiger partial charge is 0.481 e. The Morgan fingerprint density at radius 2 is 2.27 bits per heavy atom. The number of rotatable bonds is 3. The van der Waals surface area contributed by atoms with Crippen molar-refractivity contribution in [1.29, 1.82) is 0 Å². The Balaban J connectivity index is 2.00. The van der Waals surface area contributed by atoms with Crippen LogP contribution in [0.1, 0.15) is 26.7 Å². The number of fused-ring (bicyclic) bond motifs is 1. The first-order chi connectivity index (χ1) is 7.01. The molecule has 84 valence electrons. The van der Waals surface area contributed by atoms with Gasteiger partial charge in [0.2, 0.25) is 5.91 Å². The van der Waals surface area contributed by atoms with Gasteiger partial charge in [-0.25, -0.2) is 0 Å². The number of hydrogen-bond acceptors (Lipinski definition) is 2. The van der Waals surface area contributed by atoms with E-state index in [1.54, 1.807) is 4.90 Å². The van der Waals surface area contributed by atoms with Gasteiger partial charge in [-0.3, -0.25) is 9.59 Å². The van der Waals surface area contributed by atoms with Crippen LogP contribution in [-0.4, -0.2) is 35.0 Å². The van der Waals surface area contributed by atoms with E-state index in [4.69, 9.17) is 5.11 Å². The predicted octanol–water partition coefficient (Wildman–Crippen LogP) is 0.966. The molecule has 1 aliphatic heterocycles. The van der Waals surface area contributed by atoms with Crippen LogP contribution in [0.4, 0.5) is 0 Å². The summed E-state index contributed by atoms with van der Waals surface area (Å²) in [5.41, 5.74) is -0.580. The van der Waals surface area contributed by atoms with Crippen LogP contribution >= 0.6 is 0 Å². The van der Waals surface area contributed by atoms with Gasteiger partial charge in [0.05, 0.1) is 5.41 Å². The molecule has 0 aromatic heterocycles. The zero-order chi connectivity index (χ0) is 11.2. The van der Waals surface area contributed by atoms with Crippen molar-refractivity contribution in [2.75, 3.05) is 13.1 Å². The highest BCUT2D eigenvalue weighted by Gasteiger charge is 2.66. The fourth-order valence-electron chi connectivity index (χ4n) is 2.47. The van der Waals surface area contributed by atoms with E-state index < -0.39 is 11.4 Å². The van der Waals surface area contributed by atoms with Crippen molar-refractivity contribution in [2.24, 2.45) is 17.3 Å². The molecule has 2 aliphatic rings. The van der Waals surface area contributed by atoms with Crippen LogP contribution in [-0.2, 0) is 9.59 Å². The number of carboxylic acid groups (broad SMARTS) is 1. The third-order valence-electron chi connectivity index (χ3n) is 3.92. The number of carbonyl (C=O) groups is 2. The van der Waals surface area contributed by atoms with E-state index in [1.165, 1.54) is 0 Å². The lowest BCUT2D eigenvalue weighted by atomic mass is 10.1. The summed E-state index contributed by atoms with van der Waals surface area (Å²) in [6, 6.07) is 0. The Labute approximate surface area is 89.3 Å². The maximum absolute atomic E-state index is 11.8. The summed E-state index contributed by atoms with van der Waals surface area (Å²) in [7, 11) is 0. The second kappa shape index (κ2) is 3.22. The molecule has 3 atom stereocenters. The van der Waals surface area contributed by atoms with Crippen molar-refractivity contribution in [1.82, 2.24) is 4.90 Å². The minimum absolute atomic E-state index is 0.0216. The third kappa shape index (κ3) is 1.43. The molecule has 4 nitrogen and oxygen atoms in total. The molecule has 0 radical (unpaired) electrons. The van der Waals surface area contributed by atoms with Crippen LogP contribution in [0.2, 0.25) is 0 Å². The average Bonchev–Trinajstić information content (AvgIpc) is 2.80. The molecule has 15 heavy (non-hydrogen) atoms. The fraction of sp³-hybridized carbons (Fsp3) is 0.818. The predicted molar refractivity (Wildman–Crippen MR) is 54.2 cm³/mol. The first-order valence-corrected chi connectivity index (χ1v) is 5.53. The Morgan fingerprint density at radius 1 is 1.60 bits per heavy atom. The first-order valence-electron chi connectivity index (χ1n) is 5.53. The summed E-state index contributed by atoms with van der Waals surface area (Å²) in [6.07, 6.45) is 1.58. The van der Waals surface area contributed by atoms with Crippen molar-refractivity contribution in [3.05, 3.63) is 0 Å². The third-order valence-corrected chi connectivity index (χ3v) is 3.92. The SMILES string of the molecule is CCC(C)C(=O)N1CC2CC2(C(=O)O)C1. The molecule has 0 spiro atoms. The molecule has 1 saturated heterocycles. The van der Waals surface area contributed by atoms with Gasteiger partial charge < -0.3 is 10.0 Å². The summed E-state index contributed by atoms with van der Waals surface area (Å²) < 4.78 is 0. The van der Waals surface area contributed by atoms with Gasteiger partial charge in [-0.2, -0.15) is 0 Å². The van der Waals surface area contributed by atoms with E-state index in [2.05, 4.69) is 0 Å². The van der Waals surface area contributed by atoms with Crippen LogP contribution in [0.25, 0.3) is 0 Å². The van der Waals surface area contributed by atoms with Gasteiger partial charge in [-0.15, -0.1) is 0 Å². The van der Waals surface area contributed by atoms with Crippen LogP contribution < -0.4 is 0 Å². The van der Waals surface area contributed by atoms with E-state index in [1.807, 2.05) is 13.8 Å². The molecule has 2 rings (SSSR count). The normalized spacial score (nSPS) is 34.8. The molecule has 2 fully saturated rings. The lowest BCUT2D eigenvalue weighted by Crippen LogP contribution is -2.37. The Kier molecular flexibility index (Phi) is 2.24. The molecule has 1 N–H and O–H groups in total. The number of hydrogen-bond donors (Lipinski definition) is 1. The minimum atomic E-state index is -0.730. The molecule has 0 bridgehead atoms. The molecule has 3 unspecified atom stereocenters. The highest BCUT2D eigenvalue weighted by Crippen LogP contribution is 2.58. The molecule has 1 amide bonds. The topological polar surface area (TPSA) is 57.6 Å². The summed E-state index contributed by atoms with van der Waals surface area (Å²) >= 11 is 0. The average molecular weight is 211 g/mol. The zero-order valence-corrected chi connectivity index (χ0v) is 9.19. The van der Waals surface area contributed by atoms with Gasteiger partial charge in [0.25, 0.3) is 0 Å². The lowest BCUT2D eigenvalue weighted by molar-refractivity contribution is -0.144. The molecular weight excluding hydrogens is 194 g/mol. The zero-order valence-electron chi connectivity index (χ0n) is 9.19. The number of likely N-dealkylation sites (tertiary alicyclic amines) is 1. The second-order valence-corrected chi connectivity index (χ2v) is 4.89. The van der Waals surface area contributed by atoms with Gasteiger partial charge in [0.15, 0.2) is 0 Å². The Bertz CT molecular complexity index is 315. The molecule has 4 heteroatoms. The Morgan fingerprint density at radius 3 is 2.73 bits per heavy atom. The standard InChI is InChI=1S/C11H17NO3/c1-3-7(2)9(13)12-5-8-4-11(8,6-12)10(14)15/h7-8H,3-6H2,1-2H3,(H,14,15). The number of piperidine rings is 1. The van der Waals surface area contributed by atoms with Gasteiger partial charge >= 0.3 is 5.97 Å². The summed E-state index contributed by atoms with van der Waals surface area (Å²) in [5.74, 6) is -0.381. The summed E-state index contributed by atoms with van der Waals surface area (Å²) in [4.78, 5) is 24.6. The number of amides is 1. The second-order valence-electron chi connectivity index (χ2n) is 4.89. The van der Waals surface area contributed by atoms with Crippen molar-refractivity contribution in [3.63, 3.8) is 0 Å². The van der Waals surface area contributed by atoms with Crippen molar-refractivity contribution < 1.29 is 14.7 Å². The van der Waals surface area contributed by atoms with Crippen molar-refractivity contribution in [3.8, 4) is 0 Å². The van der Waals surface area contributed by atoms with Crippen molar-refractivity contribution in [2.45, 2.75) is 26.7 Å². The summed E-state index contributed by atoms with van der Waals surface area (Å²) in [5, 5.41) is 9.07. The molecular formula is C11H17NO3. The fourth-order valence-corrected chi connectivity index (χ4v) is 2.47. The van der Waals surface area contributed by atoms with Gasteiger partial charge in [-0.1, -0.05) is 13.8 Å². The first kappa shape index (κ1) is 10.5. The Hall–Kier alpha value is -1.06. The minimum Gasteiger partial charge on any atom is -0.481 e. The van der Waals surface area contributed by atoms with Crippen molar-refractivity contribution >= 4 is 11.9 Å². The van der Waals surface area contributed by atoms with Crippen LogP contribution in [0.3, 0.4) is 0 Å². The van der Waals surface area contributed by atoms with E-state index >= 15 is 0 Å².